The maximum absolute atomic E-state index is 4.64. The van der Waals surface area contributed by atoms with Crippen LogP contribution in [0.4, 0.5) is 0 Å². The lowest BCUT2D eigenvalue weighted by molar-refractivity contribution is 0.159. The smallest absolute Gasteiger partial charge is 0.178 e. The Balaban J connectivity index is 1.80. The zero-order valence-corrected chi connectivity index (χ0v) is 11.3. The van der Waals surface area contributed by atoms with E-state index in [-0.39, 0.29) is 0 Å². The number of nitrogens with zero attached hydrogens (tertiary/aromatic N) is 5. The van der Waals surface area contributed by atoms with Crippen LogP contribution in [0.1, 0.15) is 12.7 Å². The molecular formula is C13H18N6. The molecule has 1 aliphatic heterocycles. The molecule has 0 bridgehead atoms. The number of hydrazone groups is 1. The molecule has 0 aliphatic carbocycles. The summed E-state index contributed by atoms with van der Waals surface area (Å²) in [6.07, 6.45) is 1.75. The normalized spacial score (nSPS) is 18.2. The standard InChI is InChI=1S/C13H18N6/c1-10(17-19-8-6-18(2)7-9-19)12-15-11-4-3-5-14-13(11)16-12/h3-5H,6-9H2,1-2H3,(H,14,15,16)/b17-10+. The maximum Gasteiger partial charge on any atom is 0.178 e. The quantitative estimate of drug-likeness (QED) is 0.814. The van der Waals surface area contributed by atoms with Crippen LogP contribution in [0.15, 0.2) is 23.4 Å². The summed E-state index contributed by atoms with van der Waals surface area (Å²) < 4.78 is 0. The average Bonchev–Trinajstić information content (AvgIpc) is 2.85. The first-order valence-electron chi connectivity index (χ1n) is 6.52. The molecule has 1 saturated heterocycles. The van der Waals surface area contributed by atoms with Gasteiger partial charge in [-0.1, -0.05) is 0 Å². The SMILES string of the molecule is C/C(=N\N1CCN(C)CC1)c1nc2ncccc2[nH]1. The van der Waals surface area contributed by atoms with Gasteiger partial charge in [0.05, 0.1) is 5.52 Å². The van der Waals surface area contributed by atoms with E-state index in [2.05, 4.69) is 37.0 Å². The van der Waals surface area contributed by atoms with Gasteiger partial charge in [0.25, 0.3) is 0 Å². The first kappa shape index (κ1) is 12.1. The number of rotatable bonds is 2. The van der Waals surface area contributed by atoms with Gasteiger partial charge in [0.15, 0.2) is 11.5 Å². The van der Waals surface area contributed by atoms with Gasteiger partial charge in [0, 0.05) is 32.4 Å². The fourth-order valence-electron chi connectivity index (χ4n) is 2.17. The summed E-state index contributed by atoms with van der Waals surface area (Å²) >= 11 is 0. The number of imidazole rings is 1. The van der Waals surface area contributed by atoms with Crippen LogP contribution in [-0.2, 0) is 0 Å². The Morgan fingerprint density at radius 2 is 2.11 bits per heavy atom. The maximum atomic E-state index is 4.64. The van der Waals surface area contributed by atoms with Gasteiger partial charge in [0.2, 0.25) is 0 Å². The van der Waals surface area contributed by atoms with Crippen molar-refractivity contribution in [2.75, 3.05) is 33.2 Å². The van der Waals surface area contributed by atoms with Crippen molar-refractivity contribution in [3.8, 4) is 0 Å². The molecule has 6 heteroatoms. The van der Waals surface area contributed by atoms with Crippen molar-refractivity contribution in [3.63, 3.8) is 0 Å². The van der Waals surface area contributed by atoms with E-state index in [1.54, 1.807) is 6.20 Å². The minimum atomic E-state index is 0.741. The Labute approximate surface area is 112 Å². The number of aromatic nitrogens is 3. The van der Waals surface area contributed by atoms with Gasteiger partial charge in [0.1, 0.15) is 5.71 Å². The van der Waals surface area contributed by atoms with E-state index in [1.807, 2.05) is 19.1 Å². The topological polar surface area (TPSA) is 60.4 Å². The Hall–Kier alpha value is -1.95. The Morgan fingerprint density at radius 3 is 2.84 bits per heavy atom. The molecule has 100 valence electrons. The highest BCUT2D eigenvalue weighted by molar-refractivity contribution is 5.97. The minimum Gasteiger partial charge on any atom is -0.336 e. The fourth-order valence-corrected chi connectivity index (χ4v) is 2.17. The van der Waals surface area contributed by atoms with Gasteiger partial charge in [-0.05, 0) is 26.1 Å². The van der Waals surface area contributed by atoms with Gasteiger partial charge in [-0.25, -0.2) is 9.97 Å². The van der Waals surface area contributed by atoms with E-state index in [0.717, 1.165) is 48.9 Å². The first-order valence-corrected chi connectivity index (χ1v) is 6.52. The van der Waals surface area contributed by atoms with Crippen molar-refractivity contribution in [3.05, 3.63) is 24.2 Å². The minimum absolute atomic E-state index is 0.741. The van der Waals surface area contributed by atoms with Gasteiger partial charge < -0.3 is 9.88 Å². The molecule has 1 fully saturated rings. The van der Waals surface area contributed by atoms with Crippen molar-refractivity contribution in [1.29, 1.82) is 0 Å². The van der Waals surface area contributed by atoms with Crippen LogP contribution in [0.25, 0.3) is 11.2 Å². The largest absolute Gasteiger partial charge is 0.336 e. The number of H-pyrrole nitrogens is 1. The lowest BCUT2D eigenvalue weighted by atomic mass is 10.4. The zero-order valence-electron chi connectivity index (χ0n) is 11.3. The van der Waals surface area contributed by atoms with Crippen LogP contribution in [-0.4, -0.2) is 63.8 Å². The highest BCUT2D eigenvalue weighted by atomic mass is 15.5. The lowest BCUT2D eigenvalue weighted by Crippen LogP contribution is -2.42. The second-order valence-electron chi connectivity index (χ2n) is 4.90. The van der Waals surface area contributed by atoms with E-state index in [9.17, 15) is 0 Å². The van der Waals surface area contributed by atoms with Crippen molar-refractivity contribution in [1.82, 2.24) is 24.9 Å². The predicted molar refractivity (Wildman–Crippen MR) is 75.2 cm³/mol. The van der Waals surface area contributed by atoms with E-state index < -0.39 is 0 Å². The third-order valence-electron chi connectivity index (χ3n) is 3.37. The summed E-state index contributed by atoms with van der Waals surface area (Å²) in [6, 6.07) is 3.87. The van der Waals surface area contributed by atoms with Crippen LogP contribution >= 0.6 is 0 Å². The summed E-state index contributed by atoms with van der Waals surface area (Å²) in [7, 11) is 2.14. The predicted octanol–water partition coefficient (Wildman–Crippen LogP) is 0.929. The van der Waals surface area contributed by atoms with E-state index in [1.165, 1.54) is 0 Å². The number of hydrogen-bond acceptors (Lipinski definition) is 5. The molecule has 0 aromatic carbocycles. The lowest BCUT2D eigenvalue weighted by Gasteiger charge is -2.30. The molecule has 19 heavy (non-hydrogen) atoms. The summed E-state index contributed by atoms with van der Waals surface area (Å²) in [6.45, 7) is 6.02. The molecule has 0 saturated carbocycles. The number of pyridine rings is 1. The first-order chi connectivity index (χ1) is 9.22. The molecule has 0 radical (unpaired) electrons. The average molecular weight is 258 g/mol. The second-order valence-corrected chi connectivity index (χ2v) is 4.90. The molecular weight excluding hydrogens is 240 g/mol. The Bertz CT molecular complexity index is 561. The number of fused-ring (bicyclic) bond motifs is 1. The molecule has 1 N–H and O–H groups in total. The van der Waals surface area contributed by atoms with E-state index in [4.69, 9.17) is 0 Å². The third-order valence-corrected chi connectivity index (χ3v) is 3.37. The van der Waals surface area contributed by atoms with Crippen LogP contribution in [0.2, 0.25) is 0 Å². The van der Waals surface area contributed by atoms with E-state index >= 15 is 0 Å². The zero-order chi connectivity index (χ0) is 13.2. The number of aromatic amines is 1. The van der Waals surface area contributed by atoms with Gasteiger partial charge >= 0.3 is 0 Å². The fraction of sp³-hybridized carbons (Fsp3) is 0.462. The van der Waals surface area contributed by atoms with Crippen molar-refractivity contribution in [2.24, 2.45) is 5.10 Å². The molecule has 6 nitrogen and oxygen atoms in total. The van der Waals surface area contributed by atoms with Crippen LogP contribution < -0.4 is 0 Å². The molecule has 0 atom stereocenters. The number of likely N-dealkylation sites (N-methyl/N-ethyl adjacent to an activating group) is 1. The number of hydrogen-bond donors (Lipinski definition) is 1. The number of nitrogens with one attached hydrogen (secondary N) is 1. The summed E-state index contributed by atoms with van der Waals surface area (Å²) in [5.41, 5.74) is 2.60. The highest BCUT2D eigenvalue weighted by Crippen LogP contribution is 2.09. The summed E-state index contributed by atoms with van der Waals surface area (Å²) in [5.74, 6) is 0.799. The summed E-state index contributed by atoms with van der Waals surface area (Å²) in [5, 5.41) is 6.74. The Morgan fingerprint density at radius 1 is 1.32 bits per heavy atom. The third kappa shape index (κ3) is 2.58. The molecule has 2 aromatic rings. The molecule has 2 aromatic heterocycles. The van der Waals surface area contributed by atoms with Crippen molar-refractivity contribution in [2.45, 2.75) is 6.92 Å². The van der Waals surface area contributed by atoms with Crippen LogP contribution in [0.3, 0.4) is 0 Å². The molecule has 0 spiro atoms. The van der Waals surface area contributed by atoms with Gasteiger partial charge in [-0.3, -0.25) is 5.01 Å². The molecule has 0 amide bonds. The molecule has 3 heterocycles. The molecule has 1 aliphatic rings. The number of piperazine rings is 1. The second kappa shape index (κ2) is 4.97. The monoisotopic (exact) mass is 258 g/mol. The molecule has 3 rings (SSSR count). The van der Waals surface area contributed by atoms with Crippen molar-refractivity contribution < 1.29 is 0 Å². The van der Waals surface area contributed by atoms with Crippen molar-refractivity contribution >= 4 is 16.9 Å². The van der Waals surface area contributed by atoms with Crippen LogP contribution in [0.5, 0.6) is 0 Å². The Kier molecular flexibility index (Phi) is 3.16. The van der Waals surface area contributed by atoms with Gasteiger partial charge in [-0.15, -0.1) is 0 Å². The van der Waals surface area contributed by atoms with Gasteiger partial charge in [-0.2, -0.15) is 5.10 Å². The van der Waals surface area contributed by atoms with E-state index in [0.29, 0.717) is 0 Å². The van der Waals surface area contributed by atoms with Crippen LogP contribution in [0, 0.1) is 0 Å². The highest BCUT2D eigenvalue weighted by Gasteiger charge is 2.13. The summed E-state index contributed by atoms with van der Waals surface area (Å²) in [4.78, 5) is 14.2. The molecule has 0 unspecified atom stereocenters.